The molecule has 0 N–H and O–H groups in total. The van der Waals surface area contributed by atoms with Gasteiger partial charge < -0.3 is 9.64 Å². The first-order valence-corrected chi connectivity index (χ1v) is 8.44. The molecule has 0 radical (unpaired) electrons. The number of methoxy groups -OCH3 is 1. The summed E-state index contributed by atoms with van der Waals surface area (Å²) in [6, 6.07) is 7.09. The van der Waals surface area contributed by atoms with Gasteiger partial charge in [0.05, 0.1) is 7.11 Å². The number of carbonyl (C=O) groups is 1. The molecule has 0 spiro atoms. The smallest absolute Gasteiger partial charge is 0.134 e. The average Bonchev–Trinajstić information content (AvgIpc) is 2.50. The number of benzene rings is 1. The van der Waals surface area contributed by atoms with Crippen molar-refractivity contribution in [2.24, 2.45) is 11.8 Å². The summed E-state index contributed by atoms with van der Waals surface area (Å²) >= 11 is 0. The Kier molecular flexibility index (Phi) is 3.12. The molecule has 2 bridgehead atoms. The van der Waals surface area contributed by atoms with Crippen LogP contribution in [0.2, 0.25) is 0 Å². The SMILES string of the molecule is COc1ccc2c(c1)[C@@]13CCN(C)[C@@H](C2)[C@H]1[C@@H](C)CC(=O)C3. The van der Waals surface area contributed by atoms with E-state index in [0.717, 1.165) is 38.0 Å². The van der Waals surface area contributed by atoms with Gasteiger partial charge in [-0.05, 0) is 61.5 Å². The molecular formula is C19H25NO2. The third-order valence-corrected chi connectivity index (χ3v) is 6.49. The lowest BCUT2D eigenvalue weighted by atomic mass is 9.49. The van der Waals surface area contributed by atoms with E-state index in [4.69, 9.17) is 4.74 Å². The zero-order valence-electron chi connectivity index (χ0n) is 13.8. The van der Waals surface area contributed by atoms with E-state index < -0.39 is 0 Å². The van der Waals surface area contributed by atoms with Crippen LogP contribution in [0.4, 0.5) is 0 Å². The fourth-order valence-electron chi connectivity index (χ4n) is 5.63. The third kappa shape index (κ3) is 1.81. The summed E-state index contributed by atoms with van der Waals surface area (Å²) in [4.78, 5) is 15.0. The van der Waals surface area contributed by atoms with Crippen LogP contribution in [0, 0.1) is 11.8 Å². The maximum absolute atomic E-state index is 12.4. The minimum Gasteiger partial charge on any atom is -0.497 e. The lowest BCUT2D eigenvalue weighted by molar-refractivity contribution is -0.130. The second-order valence-corrected chi connectivity index (χ2v) is 7.60. The first-order valence-electron chi connectivity index (χ1n) is 8.44. The van der Waals surface area contributed by atoms with Crippen LogP contribution in [0.5, 0.6) is 5.75 Å². The monoisotopic (exact) mass is 299 g/mol. The van der Waals surface area contributed by atoms with Crippen LogP contribution in [-0.2, 0) is 16.6 Å². The fourth-order valence-corrected chi connectivity index (χ4v) is 5.63. The van der Waals surface area contributed by atoms with Gasteiger partial charge in [0, 0.05) is 24.3 Å². The molecule has 22 heavy (non-hydrogen) atoms. The fraction of sp³-hybridized carbons (Fsp3) is 0.632. The summed E-state index contributed by atoms with van der Waals surface area (Å²) in [5.41, 5.74) is 2.88. The summed E-state index contributed by atoms with van der Waals surface area (Å²) < 4.78 is 5.47. The molecule has 1 heterocycles. The van der Waals surface area contributed by atoms with E-state index in [0.29, 0.717) is 23.7 Å². The molecule has 1 saturated heterocycles. The summed E-state index contributed by atoms with van der Waals surface area (Å²) in [7, 11) is 3.98. The van der Waals surface area contributed by atoms with Gasteiger partial charge in [0.2, 0.25) is 0 Å². The van der Waals surface area contributed by atoms with Crippen LogP contribution in [0.25, 0.3) is 0 Å². The van der Waals surface area contributed by atoms with Crippen molar-refractivity contribution in [1.29, 1.82) is 0 Å². The highest BCUT2D eigenvalue weighted by atomic mass is 16.5. The quantitative estimate of drug-likeness (QED) is 0.798. The molecule has 1 aromatic carbocycles. The molecule has 0 unspecified atom stereocenters. The van der Waals surface area contributed by atoms with Crippen LogP contribution in [0.15, 0.2) is 18.2 Å². The number of fused-ring (bicyclic) bond motifs is 1. The second kappa shape index (κ2) is 4.82. The summed E-state index contributed by atoms with van der Waals surface area (Å²) in [5.74, 6) is 2.45. The van der Waals surface area contributed by atoms with E-state index >= 15 is 0 Å². The Labute approximate surface area is 132 Å². The predicted molar refractivity (Wildman–Crippen MR) is 86.3 cm³/mol. The number of piperidine rings is 1. The molecular weight excluding hydrogens is 274 g/mol. The third-order valence-electron chi connectivity index (χ3n) is 6.49. The molecule has 2 fully saturated rings. The highest BCUT2D eigenvalue weighted by molar-refractivity contribution is 5.82. The van der Waals surface area contributed by atoms with Crippen molar-refractivity contribution in [2.45, 2.75) is 44.1 Å². The van der Waals surface area contributed by atoms with Crippen LogP contribution >= 0.6 is 0 Å². The van der Waals surface area contributed by atoms with Gasteiger partial charge in [0.15, 0.2) is 0 Å². The van der Waals surface area contributed by atoms with Gasteiger partial charge in [-0.15, -0.1) is 0 Å². The molecule has 118 valence electrons. The highest BCUT2D eigenvalue weighted by Gasteiger charge is 2.57. The van der Waals surface area contributed by atoms with Gasteiger partial charge in [-0.2, -0.15) is 0 Å². The van der Waals surface area contributed by atoms with Gasteiger partial charge in [0.25, 0.3) is 0 Å². The van der Waals surface area contributed by atoms with E-state index in [1.165, 1.54) is 11.1 Å². The van der Waals surface area contributed by atoms with Gasteiger partial charge in [-0.25, -0.2) is 0 Å². The molecule has 3 aliphatic rings. The maximum Gasteiger partial charge on any atom is 0.134 e. The van der Waals surface area contributed by atoms with Crippen molar-refractivity contribution in [1.82, 2.24) is 4.90 Å². The maximum atomic E-state index is 12.4. The van der Waals surface area contributed by atoms with Crippen molar-refractivity contribution in [2.75, 3.05) is 20.7 Å². The van der Waals surface area contributed by atoms with Crippen molar-refractivity contribution in [3.05, 3.63) is 29.3 Å². The molecule has 2 aliphatic carbocycles. The number of rotatable bonds is 1. The number of Topliss-reactive ketones (excluding diaryl/α,β-unsaturated/α-hetero) is 1. The Morgan fingerprint density at radius 3 is 2.91 bits per heavy atom. The number of likely N-dealkylation sites (tertiary alicyclic amines) is 1. The highest BCUT2D eigenvalue weighted by Crippen LogP contribution is 2.56. The summed E-state index contributed by atoms with van der Waals surface area (Å²) in [6.45, 7) is 3.38. The first-order chi connectivity index (χ1) is 10.5. The Morgan fingerprint density at radius 1 is 1.32 bits per heavy atom. The molecule has 3 heteroatoms. The number of carbonyl (C=O) groups excluding carboxylic acids is 1. The Bertz CT molecular complexity index is 626. The van der Waals surface area contributed by atoms with Crippen molar-refractivity contribution in [3.8, 4) is 5.75 Å². The van der Waals surface area contributed by atoms with Crippen molar-refractivity contribution < 1.29 is 9.53 Å². The number of hydrogen-bond donors (Lipinski definition) is 0. The predicted octanol–water partition coefficient (Wildman–Crippen LogP) is 2.81. The molecule has 3 nitrogen and oxygen atoms in total. The molecule has 4 rings (SSSR count). The molecule has 1 aromatic rings. The normalized spacial score (nSPS) is 37.4. The molecule has 4 atom stereocenters. The van der Waals surface area contributed by atoms with E-state index in [1.807, 2.05) is 0 Å². The van der Waals surface area contributed by atoms with Crippen molar-refractivity contribution in [3.63, 3.8) is 0 Å². The van der Waals surface area contributed by atoms with Gasteiger partial charge in [0.1, 0.15) is 11.5 Å². The Balaban J connectivity index is 1.92. The summed E-state index contributed by atoms with van der Waals surface area (Å²) in [6.07, 6.45) is 3.70. The zero-order valence-corrected chi connectivity index (χ0v) is 13.8. The van der Waals surface area contributed by atoms with E-state index in [1.54, 1.807) is 7.11 Å². The summed E-state index contributed by atoms with van der Waals surface area (Å²) in [5, 5.41) is 0. The zero-order chi connectivity index (χ0) is 15.5. The second-order valence-electron chi connectivity index (χ2n) is 7.60. The minimum atomic E-state index is 0.0497. The van der Waals surface area contributed by atoms with Crippen LogP contribution in [-0.4, -0.2) is 37.4 Å². The van der Waals surface area contributed by atoms with Crippen LogP contribution < -0.4 is 4.74 Å². The van der Waals surface area contributed by atoms with E-state index in [2.05, 4.69) is 37.1 Å². The lowest BCUT2D eigenvalue weighted by Crippen LogP contribution is -2.63. The topological polar surface area (TPSA) is 29.5 Å². The van der Waals surface area contributed by atoms with Crippen molar-refractivity contribution >= 4 is 5.78 Å². The lowest BCUT2D eigenvalue weighted by Gasteiger charge is -2.60. The minimum absolute atomic E-state index is 0.0497. The Morgan fingerprint density at radius 2 is 2.14 bits per heavy atom. The number of nitrogens with zero attached hydrogens (tertiary/aromatic N) is 1. The number of likely N-dealkylation sites (N-methyl/N-ethyl adjacent to an activating group) is 1. The molecule has 0 amide bonds. The van der Waals surface area contributed by atoms with Gasteiger partial charge in [-0.1, -0.05) is 13.0 Å². The standard InChI is InChI=1S/C19H25NO2/c1-12-8-14(21)11-19-6-7-20(2)17(18(12)19)9-13-4-5-15(22-3)10-16(13)19/h4-5,10,12,17-18H,6-9,11H2,1-3H3/t12-,17-,18+,19-/m0/s1. The molecule has 0 aromatic heterocycles. The first kappa shape index (κ1) is 14.3. The van der Waals surface area contributed by atoms with E-state index in [-0.39, 0.29) is 5.41 Å². The van der Waals surface area contributed by atoms with Gasteiger partial charge >= 0.3 is 0 Å². The van der Waals surface area contributed by atoms with E-state index in [9.17, 15) is 4.79 Å². The van der Waals surface area contributed by atoms with Gasteiger partial charge in [-0.3, -0.25) is 4.79 Å². The molecule has 1 aliphatic heterocycles. The molecule has 1 saturated carbocycles. The van der Waals surface area contributed by atoms with Crippen LogP contribution in [0.3, 0.4) is 0 Å². The van der Waals surface area contributed by atoms with Crippen LogP contribution in [0.1, 0.15) is 37.3 Å². The number of ether oxygens (including phenoxy) is 1. The number of hydrogen-bond acceptors (Lipinski definition) is 3. The largest absolute Gasteiger partial charge is 0.497 e. The Hall–Kier alpha value is -1.35. The average molecular weight is 299 g/mol. The number of ketones is 1.